The van der Waals surface area contributed by atoms with Crippen molar-refractivity contribution in [2.24, 2.45) is 5.41 Å². The SMILES string of the molecule is CSc1nccc([C@@]23CC[C@@H](c4cc(-c5c(F)cccc5F)nnc42)C3(C)C)n1. The van der Waals surface area contributed by atoms with Gasteiger partial charge in [0.15, 0.2) is 5.16 Å². The average Bonchev–Trinajstić information content (AvgIpc) is 3.09. The predicted molar refractivity (Wildman–Crippen MR) is 108 cm³/mol. The van der Waals surface area contributed by atoms with Crippen molar-refractivity contribution in [3.63, 3.8) is 0 Å². The van der Waals surface area contributed by atoms with Gasteiger partial charge < -0.3 is 0 Å². The second kappa shape index (κ2) is 6.29. The van der Waals surface area contributed by atoms with Gasteiger partial charge in [-0.3, -0.25) is 0 Å². The number of benzene rings is 1. The molecule has 2 heterocycles. The molecule has 3 aromatic rings. The minimum atomic E-state index is -0.628. The van der Waals surface area contributed by atoms with Gasteiger partial charge in [0.2, 0.25) is 0 Å². The third kappa shape index (κ3) is 2.37. The first-order valence-electron chi connectivity index (χ1n) is 9.60. The van der Waals surface area contributed by atoms with E-state index in [0.717, 1.165) is 34.9 Å². The van der Waals surface area contributed by atoms with Crippen molar-refractivity contribution in [3.8, 4) is 11.3 Å². The third-order valence-electron chi connectivity index (χ3n) is 6.85. The Labute approximate surface area is 172 Å². The monoisotopic (exact) mass is 410 g/mol. The minimum Gasteiger partial charge on any atom is -0.231 e. The molecule has 0 amide bonds. The molecule has 29 heavy (non-hydrogen) atoms. The summed E-state index contributed by atoms with van der Waals surface area (Å²) >= 11 is 1.51. The molecule has 0 aliphatic heterocycles. The molecule has 2 aliphatic rings. The number of halogens is 2. The lowest BCUT2D eigenvalue weighted by atomic mass is 9.66. The average molecular weight is 410 g/mol. The maximum Gasteiger partial charge on any atom is 0.187 e. The zero-order chi connectivity index (χ0) is 20.4. The van der Waals surface area contributed by atoms with Crippen molar-refractivity contribution in [1.82, 2.24) is 20.2 Å². The summed E-state index contributed by atoms with van der Waals surface area (Å²) in [7, 11) is 0. The van der Waals surface area contributed by atoms with Crippen molar-refractivity contribution < 1.29 is 8.78 Å². The molecule has 2 aliphatic carbocycles. The summed E-state index contributed by atoms with van der Waals surface area (Å²) in [6.45, 7) is 4.47. The molecule has 7 heteroatoms. The Kier molecular flexibility index (Phi) is 4.04. The summed E-state index contributed by atoms with van der Waals surface area (Å²) < 4.78 is 28.6. The zero-order valence-corrected chi connectivity index (χ0v) is 17.2. The van der Waals surface area contributed by atoms with Gasteiger partial charge in [-0.2, -0.15) is 5.10 Å². The number of nitrogens with zero attached hydrogens (tertiary/aromatic N) is 4. The van der Waals surface area contributed by atoms with Crippen LogP contribution in [-0.4, -0.2) is 26.4 Å². The maximum absolute atomic E-state index is 14.3. The molecule has 2 atom stereocenters. The zero-order valence-electron chi connectivity index (χ0n) is 16.4. The molecule has 148 valence electrons. The predicted octanol–water partition coefficient (Wildman–Crippen LogP) is 5.14. The van der Waals surface area contributed by atoms with Crippen molar-refractivity contribution >= 4 is 11.8 Å². The van der Waals surface area contributed by atoms with Gasteiger partial charge in [-0.05, 0) is 60.3 Å². The van der Waals surface area contributed by atoms with Crippen molar-refractivity contribution in [2.75, 3.05) is 6.26 Å². The van der Waals surface area contributed by atoms with E-state index in [1.165, 1.54) is 30.0 Å². The number of hydrogen-bond acceptors (Lipinski definition) is 5. The van der Waals surface area contributed by atoms with Crippen molar-refractivity contribution in [2.45, 2.75) is 43.2 Å². The number of fused-ring (bicyclic) bond motifs is 5. The fourth-order valence-electron chi connectivity index (χ4n) is 5.43. The second-order valence-electron chi connectivity index (χ2n) is 8.28. The van der Waals surface area contributed by atoms with Gasteiger partial charge in [0.25, 0.3) is 0 Å². The van der Waals surface area contributed by atoms with Crippen LogP contribution in [0.15, 0.2) is 41.7 Å². The maximum atomic E-state index is 14.3. The number of thioether (sulfide) groups is 1. The van der Waals surface area contributed by atoms with Gasteiger partial charge in [0, 0.05) is 6.20 Å². The van der Waals surface area contributed by atoms with Crippen LogP contribution >= 0.6 is 11.8 Å². The Balaban J connectivity index is 1.72. The van der Waals surface area contributed by atoms with Crippen LogP contribution in [0.3, 0.4) is 0 Å². The van der Waals surface area contributed by atoms with Crippen LogP contribution < -0.4 is 0 Å². The third-order valence-corrected chi connectivity index (χ3v) is 7.42. The molecule has 4 nitrogen and oxygen atoms in total. The van der Waals surface area contributed by atoms with E-state index in [0.29, 0.717) is 0 Å². The standard InChI is InChI=1S/C22H20F2N4S/c1-21(2)13-7-9-22(21,17-8-10-25-20(26-17)29-3)19-12(13)11-16(27-28-19)18-14(23)5-4-6-15(18)24/h4-6,8,10-11,13H,7,9H2,1-3H3/t13-,22-/m0/s1. The fourth-order valence-corrected chi connectivity index (χ4v) is 5.79. The summed E-state index contributed by atoms with van der Waals surface area (Å²) in [5, 5.41) is 9.54. The molecule has 0 saturated heterocycles. The van der Waals surface area contributed by atoms with E-state index in [4.69, 9.17) is 4.98 Å². The summed E-state index contributed by atoms with van der Waals surface area (Å²) in [5.74, 6) is -1.03. The van der Waals surface area contributed by atoms with Crippen LogP contribution in [0.4, 0.5) is 8.78 Å². The lowest BCUT2D eigenvalue weighted by molar-refractivity contribution is 0.241. The highest BCUT2D eigenvalue weighted by Crippen LogP contribution is 2.69. The molecule has 0 N–H and O–H groups in total. The van der Waals surface area contributed by atoms with Gasteiger partial charge >= 0.3 is 0 Å². The normalized spacial score (nSPS) is 24.0. The first-order chi connectivity index (χ1) is 13.9. The second-order valence-corrected chi connectivity index (χ2v) is 9.05. The number of aromatic nitrogens is 4. The quantitative estimate of drug-likeness (QED) is 0.442. The highest BCUT2D eigenvalue weighted by Gasteiger charge is 2.65. The van der Waals surface area contributed by atoms with E-state index >= 15 is 0 Å². The van der Waals surface area contributed by atoms with E-state index in [-0.39, 0.29) is 28.0 Å². The fraction of sp³-hybridized carbons (Fsp3) is 0.364. The van der Waals surface area contributed by atoms with E-state index in [9.17, 15) is 8.78 Å². The molecule has 2 aromatic heterocycles. The highest BCUT2D eigenvalue weighted by molar-refractivity contribution is 7.98. The Hall–Kier alpha value is -2.41. The smallest absolute Gasteiger partial charge is 0.187 e. The number of hydrogen-bond donors (Lipinski definition) is 0. The van der Waals surface area contributed by atoms with E-state index in [1.54, 1.807) is 6.20 Å². The Bertz CT molecular complexity index is 1110. The van der Waals surface area contributed by atoms with Gasteiger partial charge in [0.05, 0.1) is 28.1 Å². The topological polar surface area (TPSA) is 51.6 Å². The summed E-state index contributed by atoms with van der Waals surface area (Å²) in [5.41, 5.74) is 2.46. The molecule has 0 radical (unpaired) electrons. The van der Waals surface area contributed by atoms with Gasteiger partial charge in [-0.15, -0.1) is 5.10 Å². The summed E-state index contributed by atoms with van der Waals surface area (Å²) in [6.07, 6.45) is 5.64. The lowest BCUT2D eigenvalue weighted by Gasteiger charge is -2.37. The van der Waals surface area contributed by atoms with E-state index in [1.807, 2.05) is 18.4 Å². The molecule has 1 fully saturated rings. The molecule has 5 rings (SSSR count). The van der Waals surface area contributed by atoms with Crippen LogP contribution in [0.25, 0.3) is 11.3 Å². The van der Waals surface area contributed by atoms with Gasteiger partial charge in [-0.25, -0.2) is 18.7 Å². The van der Waals surface area contributed by atoms with E-state index in [2.05, 4.69) is 29.0 Å². The van der Waals surface area contributed by atoms with Crippen LogP contribution in [0.5, 0.6) is 0 Å². The van der Waals surface area contributed by atoms with E-state index < -0.39 is 11.6 Å². The van der Waals surface area contributed by atoms with Crippen molar-refractivity contribution in [1.29, 1.82) is 0 Å². The van der Waals surface area contributed by atoms with Crippen LogP contribution in [0, 0.1) is 17.0 Å². The summed E-state index contributed by atoms with van der Waals surface area (Å²) in [4.78, 5) is 9.13. The first-order valence-corrected chi connectivity index (χ1v) is 10.8. The highest BCUT2D eigenvalue weighted by atomic mass is 32.2. The first kappa shape index (κ1) is 18.6. The Morgan fingerprint density at radius 3 is 2.59 bits per heavy atom. The molecule has 0 unspecified atom stereocenters. The molecule has 0 spiro atoms. The molecular formula is C22H20F2N4S. The summed E-state index contributed by atoms with van der Waals surface area (Å²) in [6, 6.07) is 7.64. The van der Waals surface area contributed by atoms with Crippen molar-refractivity contribution in [3.05, 3.63) is 65.1 Å². The number of rotatable bonds is 3. The molecular weight excluding hydrogens is 390 g/mol. The minimum absolute atomic E-state index is 0.121. The molecule has 1 aromatic carbocycles. The largest absolute Gasteiger partial charge is 0.231 e. The van der Waals surface area contributed by atoms with Crippen LogP contribution in [0.1, 0.15) is 49.6 Å². The Morgan fingerprint density at radius 2 is 1.86 bits per heavy atom. The molecule has 2 bridgehead atoms. The van der Waals surface area contributed by atoms with Gasteiger partial charge in [0.1, 0.15) is 11.6 Å². The Morgan fingerprint density at radius 1 is 1.10 bits per heavy atom. The van der Waals surface area contributed by atoms with Crippen LogP contribution in [0.2, 0.25) is 0 Å². The van der Waals surface area contributed by atoms with Crippen LogP contribution in [-0.2, 0) is 5.41 Å². The lowest BCUT2D eigenvalue weighted by Crippen LogP contribution is -2.38. The molecule has 1 saturated carbocycles. The van der Waals surface area contributed by atoms with Gasteiger partial charge in [-0.1, -0.05) is 31.7 Å².